The van der Waals surface area contributed by atoms with Gasteiger partial charge < -0.3 is 14.9 Å². The maximum Gasteiger partial charge on any atom is 0.309 e. The van der Waals surface area contributed by atoms with E-state index < -0.39 is 42.0 Å². The van der Waals surface area contributed by atoms with Crippen molar-refractivity contribution >= 4 is 17.5 Å². The van der Waals surface area contributed by atoms with Crippen LogP contribution in [0.5, 0.6) is 0 Å². The van der Waals surface area contributed by atoms with Gasteiger partial charge in [-0.15, -0.1) is 0 Å². The molecule has 0 radical (unpaired) electrons. The first-order chi connectivity index (χ1) is 12.9. The minimum Gasteiger partial charge on any atom is -0.454 e. The van der Waals surface area contributed by atoms with Gasteiger partial charge in [0.25, 0.3) is 0 Å². The molecule has 0 aromatic carbocycles. The predicted molar refractivity (Wildman–Crippen MR) is 106 cm³/mol. The summed E-state index contributed by atoms with van der Waals surface area (Å²) in [6, 6.07) is 0. The van der Waals surface area contributed by atoms with Gasteiger partial charge in [0.05, 0.1) is 24.0 Å². The molecule has 2 N–H and O–H groups in total. The molecule has 1 aliphatic heterocycles. The fraction of sp³-hybridized carbons (Fsp3) is 0.682. The lowest BCUT2D eigenvalue weighted by Crippen LogP contribution is -2.45. The Morgan fingerprint density at radius 2 is 1.82 bits per heavy atom. The molecule has 5 atom stereocenters. The summed E-state index contributed by atoms with van der Waals surface area (Å²) in [5.41, 5.74) is -0.250. The van der Waals surface area contributed by atoms with Crippen molar-refractivity contribution in [3.8, 4) is 0 Å². The summed E-state index contributed by atoms with van der Waals surface area (Å²) in [5, 5.41) is 21.1. The summed E-state index contributed by atoms with van der Waals surface area (Å²) in [5.74, 6) is -2.29. The number of cyclic esters (lactones) is 1. The Morgan fingerprint density at radius 3 is 2.39 bits per heavy atom. The number of hydrogen-bond acceptors (Lipinski definition) is 6. The topological polar surface area (TPSA) is 101 Å². The molecule has 1 rings (SSSR count). The van der Waals surface area contributed by atoms with E-state index in [1.807, 2.05) is 32.1 Å². The molecule has 0 aromatic heterocycles. The van der Waals surface area contributed by atoms with Crippen molar-refractivity contribution in [1.29, 1.82) is 0 Å². The number of aliphatic hydroxyl groups is 2. The highest BCUT2D eigenvalue weighted by atomic mass is 16.5. The lowest BCUT2D eigenvalue weighted by atomic mass is 9.73. The van der Waals surface area contributed by atoms with Crippen LogP contribution < -0.4 is 0 Å². The summed E-state index contributed by atoms with van der Waals surface area (Å²) in [6.07, 6.45) is 3.02. The van der Waals surface area contributed by atoms with Gasteiger partial charge in [-0.3, -0.25) is 14.4 Å². The van der Waals surface area contributed by atoms with Crippen molar-refractivity contribution in [2.24, 2.45) is 17.3 Å². The number of rotatable bonds is 1. The first-order valence-corrected chi connectivity index (χ1v) is 9.80. The number of aliphatic hydroxyl groups excluding tert-OH is 2. The SMILES string of the molecule is CC(=O)C1CC=C(C)CC=C[C@H](C)[C@H](O)[C@@H](C)C(=O)C(C)(C)[C@@H](O)CC(=O)O1. The van der Waals surface area contributed by atoms with Crippen LogP contribution in [-0.4, -0.2) is 46.1 Å². The van der Waals surface area contributed by atoms with Gasteiger partial charge in [-0.05, 0) is 20.3 Å². The van der Waals surface area contributed by atoms with Crippen LogP contribution in [0, 0.1) is 17.3 Å². The molecular weight excluding hydrogens is 360 g/mol. The summed E-state index contributed by atoms with van der Waals surface area (Å²) < 4.78 is 5.25. The quantitative estimate of drug-likeness (QED) is 0.524. The van der Waals surface area contributed by atoms with Gasteiger partial charge >= 0.3 is 5.97 Å². The average molecular weight is 395 g/mol. The Balaban J connectivity index is 3.21. The molecule has 1 aliphatic rings. The third kappa shape index (κ3) is 6.38. The van der Waals surface area contributed by atoms with Gasteiger partial charge in [-0.2, -0.15) is 0 Å². The zero-order valence-electron chi connectivity index (χ0n) is 17.8. The summed E-state index contributed by atoms with van der Waals surface area (Å²) in [6.45, 7) is 9.83. The fourth-order valence-corrected chi connectivity index (χ4v) is 3.25. The van der Waals surface area contributed by atoms with Crippen LogP contribution >= 0.6 is 0 Å². The average Bonchev–Trinajstić information content (AvgIpc) is 2.61. The van der Waals surface area contributed by atoms with Gasteiger partial charge in [0.1, 0.15) is 5.78 Å². The molecular formula is C22H34O6. The van der Waals surface area contributed by atoms with Crippen molar-refractivity contribution < 1.29 is 29.3 Å². The van der Waals surface area contributed by atoms with Crippen molar-refractivity contribution in [3.05, 3.63) is 23.8 Å². The second-order valence-corrected chi connectivity index (χ2v) is 8.45. The smallest absolute Gasteiger partial charge is 0.309 e. The summed E-state index contributed by atoms with van der Waals surface area (Å²) in [7, 11) is 0. The molecule has 1 unspecified atom stereocenters. The van der Waals surface area contributed by atoms with Crippen molar-refractivity contribution in [1.82, 2.24) is 0 Å². The van der Waals surface area contributed by atoms with Gasteiger partial charge in [-0.25, -0.2) is 0 Å². The van der Waals surface area contributed by atoms with Gasteiger partial charge in [0.15, 0.2) is 11.9 Å². The monoisotopic (exact) mass is 394 g/mol. The van der Waals surface area contributed by atoms with E-state index in [0.29, 0.717) is 6.42 Å². The highest BCUT2D eigenvalue weighted by Gasteiger charge is 2.42. The van der Waals surface area contributed by atoms with Crippen LogP contribution in [0.2, 0.25) is 0 Å². The zero-order valence-corrected chi connectivity index (χ0v) is 17.8. The molecule has 0 saturated carbocycles. The number of ether oxygens (including phenoxy) is 1. The molecule has 0 spiro atoms. The Hall–Kier alpha value is -1.79. The molecule has 28 heavy (non-hydrogen) atoms. The van der Waals surface area contributed by atoms with Crippen LogP contribution in [0.25, 0.3) is 0 Å². The van der Waals surface area contributed by atoms with Gasteiger partial charge in [0.2, 0.25) is 0 Å². The Labute approximate surface area is 167 Å². The number of allylic oxidation sites excluding steroid dienone is 2. The molecule has 0 amide bonds. The van der Waals surface area contributed by atoms with E-state index >= 15 is 0 Å². The molecule has 0 saturated heterocycles. The van der Waals surface area contributed by atoms with E-state index in [9.17, 15) is 24.6 Å². The minimum absolute atomic E-state index is 0.248. The lowest BCUT2D eigenvalue weighted by Gasteiger charge is -2.34. The largest absolute Gasteiger partial charge is 0.454 e. The molecule has 0 fully saturated rings. The van der Waals surface area contributed by atoms with Gasteiger partial charge in [-0.1, -0.05) is 51.5 Å². The zero-order chi connectivity index (χ0) is 21.6. The molecule has 158 valence electrons. The van der Waals surface area contributed by atoms with Crippen LogP contribution in [0.15, 0.2) is 23.8 Å². The van der Waals surface area contributed by atoms with E-state index in [1.165, 1.54) is 6.92 Å². The predicted octanol–water partition coefficient (Wildman–Crippen LogP) is 2.76. The van der Waals surface area contributed by atoms with Crippen LogP contribution in [0.1, 0.15) is 60.8 Å². The van der Waals surface area contributed by atoms with Crippen LogP contribution in [0.3, 0.4) is 0 Å². The molecule has 0 aliphatic carbocycles. The molecule has 6 heteroatoms. The van der Waals surface area contributed by atoms with E-state index in [0.717, 1.165) is 5.57 Å². The summed E-state index contributed by atoms with van der Waals surface area (Å²) >= 11 is 0. The van der Waals surface area contributed by atoms with E-state index in [1.54, 1.807) is 20.8 Å². The maximum atomic E-state index is 12.9. The third-order valence-corrected chi connectivity index (χ3v) is 5.58. The van der Waals surface area contributed by atoms with E-state index in [-0.39, 0.29) is 23.9 Å². The molecule has 1 heterocycles. The number of Topliss-reactive ketones (excluding diaryl/α,β-unsaturated/α-hetero) is 2. The third-order valence-electron chi connectivity index (χ3n) is 5.58. The van der Waals surface area contributed by atoms with E-state index in [2.05, 4.69) is 0 Å². The maximum absolute atomic E-state index is 12.9. The van der Waals surface area contributed by atoms with E-state index in [4.69, 9.17) is 4.74 Å². The van der Waals surface area contributed by atoms with Crippen LogP contribution in [-0.2, 0) is 19.1 Å². The number of hydrogen-bond donors (Lipinski definition) is 2. The number of esters is 1. The second kappa shape index (κ2) is 10.1. The normalized spacial score (nSPS) is 33.1. The fourth-order valence-electron chi connectivity index (χ4n) is 3.25. The highest BCUT2D eigenvalue weighted by molar-refractivity contribution is 5.88. The Morgan fingerprint density at radius 1 is 1.21 bits per heavy atom. The number of carbonyl (C=O) groups excluding carboxylic acids is 3. The van der Waals surface area contributed by atoms with Gasteiger partial charge in [0, 0.05) is 18.3 Å². The lowest BCUT2D eigenvalue weighted by molar-refractivity contribution is -0.159. The first-order valence-electron chi connectivity index (χ1n) is 9.80. The molecule has 0 bridgehead atoms. The number of carbonyl (C=O) groups is 3. The minimum atomic E-state index is -1.29. The standard InChI is InChI=1S/C22H34O6/c1-13-8-7-9-14(2)20(26)15(3)21(27)22(5,6)18(24)12-19(25)28-17(11-10-13)16(4)23/h7,9-10,14-15,17-18,20,24,26H,8,11-12H2,1-6H3/t14-,15+,17?,18-,20-/m0/s1. The van der Waals surface area contributed by atoms with Crippen LogP contribution in [0.4, 0.5) is 0 Å². The summed E-state index contributed by atoms with van der Waals surface area (Å²) in [4.78, 5) is 37.0. The highest BCUT2D eigenvalue weighted by Crippen LogP contribution is 2.31. The van der Waals surface area contributed by atoms with Crippen molar-refractivity contribution in [2.75, 3.05) is 0 Å². The number of ketones is 2. The first kappa shape index (κ1) is 24.2. The van der Waals surface area contributed by atoms with Crippen molar-refractivity contribution in [3.63, 3.8) is 0 Å². The van der Waals surface area contributed by atoms with Crippen molar-refractivity contribution in [2.45, 2.75) is 79.1 Å². The second-order valence-electron chi connectivity index (χ2n) is 8.45. The Bertz CT molecular complexity index is 645. The molecule has 0 aromatic rings. The Kier molecular flexibility index (Phi) is 8.76. The molecule has 6 nitrogen and oxygen atoms in total.